The van der Waals surface area contributed by atoms with Crippen molar-refractivity contribution in [2.45, 2.75) is 96.0 Å². The number of nitrogens with one attached hydrogen (secondary N) is 2. The fourth-order valence-electron chi connectivity index (χ4n) is 5.85. The van der Waals surface area contributed by atoms with Crippen molar-refractivity contribution in [3.05, 3.63) is 113 Å². The Morgan fingerprint density at radius 2 is 1.65 bits per heavy atom. The normalized spacial score (nSPS) is 15.1. The Balaban J connectivity index is 1.71. The topological polar surface area (TPSA) is 135 Å². The quantitative estimate of drug-likeness (QED) is 0.109. The zero-order valence-corrected chi connectivity index (χ0v) is 32.0. The molecule has 5 rings (SSSR count). The minimum absolute atomic E-state index is 0.0128. The molecule has 0 spiro atoms. The predicted octanol–water partition coefficient (Wildman–Crippen LogP) is 8.53. The maximum absolute atomic E-state index is 15.4. The molecule has 10 nitrogen and oxygen atoms in total. The molecule has 2 atom stereocenters. The molecule has 1 unspecified atom stereocenters. The van der Waals surface area contributed by atoms with Crippen molar-refractivity contribution in [1.29, 1.82) is 5.26 Å². The summed E-state index contributed by atoms with van der Waals surface area (Å²) in [4.78, 5) is 29.1. The van der Waals surface area contributed by atoms with E-state index in [0.29, 0.717) is 34.7 Å². The lowest BCUT2D eigenvalue weighted by molar-refractivity contribution is -0.141. The van der Waals surface area contributed by atoms with E-state index >= 15 is 4.79 Å². The number of anilines is 1. The molecule has 54 heavy (non-hydrogen) atoms. The number of para-hydroxylation sites is 1. The molecule has 3 aromatic carbocycles. The van der Waals surface area contributed by atoms with Crippen molar-refractivity contribution in [3.63, 3.8) is 0 Å². The Hall–Kier alpha value is -4.84. The molecular weight excluding hydrogens is 718 g/mol. The summed E-state index contributed by atoms with van der Waals surface area (Å²) in [6.07, 6.45) is -2.76. The minimum atomic E-state index is -4.91. The van der Waals surface area contributed by atoms with E-state index in [-0.39, 0.29) is 18.7 Å². The van der Waals surface area contributed by atoms with Gasteiger partial charge < -0.3 is 14.6 Å². The van der Waals surface area contributed by atoms with Crippen molar-refractivity contribution in [3.8, 4) is 11.8 Å². The van der Waals surface area contributed by atoms with Crippen molar-refractivity contribution in [2.24, 2.45) is 5.92 Å². The van der Waals surface area contributed by atoms with Crippen LogP contribution in [0.3, 0.4) is 0 Å². The number of benzene rings is 3. The number of nitriles is 1. The van der Waals surface area contributed by atoms with Gasteiger partial charge in [0, 0.05) is 29.7 Å². The van der Waals surface area contributed by atoms with Gasteiger partial charge in [0.05, 0.1) is 17.3 Å². The SMILES string of the molecule is CC(C)(C)OC(=O)NCc1cccc(-n2nc(C(F)(F)F)cc2C(=O)N(c2ccccc2)[C@](CCC2CC2)(N[S+]([O-])C(C)(C)C)c2ccc(C#N)cc2)c1. The van der Waals surface area contributed by atoms with Gasteiger partial charge in [0.1, 0.15) is 16.0 Å². The fourth-order valence-corrected chi connectivity index (χ4v) is 6.77. The molecule has 2 amide bonds. The van der Waals surface area contributed by atoms with E-state index in [4.69, 9.17) is 4.74 Å². The van der Waals surface area contributed by atoms with Crippen molar-refractivity contribution in [2.75, 3.05) is 4.90 Å². The molecule has 1 saturated carbocycles. The molecule has 0 bridgehead atoms. The van der Waals surface area contributed by atoms with Crippen LogP contribution in [0.1, 0.15) is 100 Å². The molecule has 1 fully saturated rings. The van der Waals surface area contributed by atoms with Crippen molar-refractivity contribution in [1.82, 2.24) is 19.8 Å². The van der Waals surface area contributed by atoms with Crippen LogP contribution < -0.4 is 14.9 Å². The van der Waals surface area contributed by atoms with Gasteiger partial charge in [-0.15, -0.1) is 4.72 Å². The summed E-state index contributed by atoms with van der Waals surface area (Å²) in [7, 11) is 0. The summed E-state index contributed by atoms with van der Waals surface area (Å²) in [5.74, 6) is -0.500. The van der Waals surface area contributed by atoms with Crippen LogP contribution in [-0.2, 0) is 34.5 Å². The fraction of sp³-hybridized carbons (Fsp3) is 0.400. The van der Waals surface area contributed by atoms with Gasteiger partial charge in [0.2, 0.25) is 0 Å². The van der Waals surface area contributed by atoms with Gasteiger partial charge in [-0.05, 0) is 108 Å². The second-order valence-corrected chi connectivity index (χ2v) is 17.3. The molecule has 1 heterocycles. The number of aromatic nitrogens is 2. The third-order valence-corrected chi connectivity index (χ3v) is 10.4. The van der Waals surface area contributed by atoms with Gasteiger partial charge in [-0.25, -0.2) is 9.48 Å². The largest absolute Gasteiger partial charge is 0.598 e. The predicted molar refractivity (Wildman–Crippen MR) is 201 cm³/mol. The number of hydrogen-bond acceptors (Lipinski definition) is 7. The number of hydrogen-bond donors (Lipinski definition) is 2. The van der Waals surface area contributed by atoms with E-state index in [1.54, 1.807) is 108 Å². The van der Waals surface area contributed by atoms with Crippen LogP contribution in [-0.4, -0.2) is 36.7 Å². The molecule has 1 aromatic heterocycles. The summed E-state index contributed by atoms with van der Waals surface area (Å²) in [5, 5.41) is 16.2. The molecule has 4 aromatic rings. The lowest BCUT2D eigenvalue weighted by Gasteiger charge is -2.45. The lowest BCUT2D eigenvalue weighted by atomic mass is 9.90. The number of ether oxygens (including phenoxy) is 1. The first kappa shape index (κ1) is 40.3. The first-order valence-electron chi connectivity index (χ1n) is 17.6. The monoisotopic (exact) mass is 762 g/mol. The third kappa shape index (κ3) is 9.82. The number of alkyl carbamates (subject to hydrolysis) is 1. The summed E-state index contributed by atoms with van der Waals surface area (Å²) >= 11 is -1.80. The Morgan fingerprint density at radius 1 is 0.981 bits per heavy atom. The van der Waals surface area contributed by atoms with Crippen LogP contribution in [0.4, 0.5) is 23.7 Å². The van der Waals surface area contributed by atoms with Gasteiger partial charge in [0.25, 0.3) is 5.91 Å². The minimum Gasteiger partial charge on any atom is -0.598 e. The molecule has 0 aliphatic heterocycles. The second kappa shape index (κ2) is 15.9. The molecule has 1 aliphatic rings. The van der Waals surface area contributed by atoms with Crippen LogP contribution in [0.2, 0.25) is 0 Å². The van der Waals surface area contributed by atoms with Gasteiger partial charge >= 0.3 is 12.3 Å². The molecule has 14 heteroatoms. The standard InChI is InChI=1S/C40H45F3N6O4S/c1-37(2,3)53-36(51)45-26-29-11-10-14-32(23-29)49-33(24-34(46-49)40(41,42)43)35(50)48(31-12-8-7-9-13-31)39(22-21-27-15-16-27,47-54(52)38(4,5)6)30-19-17-28(25-44)18-20-30/h7-14,17-20,23-24,27,47H,15-16,21-22,26H2,1-6H3,(H,45,51)/t39-,54?/m0/s1. The first-order valence-corrected chi connectivity index (χ1v) is 18.8. The summed E-state index contributed by atoms with van der Waals surface area (Å²) in [6.45, 7) is 10.5. The number of carbonyl (C=O) groups is 2. The molecule has 0 saturated heterocycles. The average molecular weight is 763 g/mol. The van der Waals surface area contributed by atoms with Gasteiger partial charge in [0.15, 0.2) is 11.4 Å². The number of alkyl halides is 3. The highest BCUT2D eigenvalue weighted by Crippen LogP contribution is 2.43. The maximum atomic E-state index is 15.4. The third-order valence-electron chi connectivity index (χ3n) is 8.73. The number of halogens is 3. The Bertz CT molecular complexity index is 1980. The highest BCUT2D eigenvalue weighted by Gasteiger charge is 2.50. The van der Waals surface area contributed by atoms with E-state index in [1.165, 1.54) is 17.0 Å². The number of rotatable bonds is 12. The van der Waals surface area contributed by atoms with Crippen LogP contribution in [0, 0.1) is 17.2 Å². The second-order valence-electron chi connectivity index (χ2n) is 15.3. The Morgan fingerprint density at radius 3 is 2.22 bits per heavy atom. The van der Waals surface area contributed by atoms with Crippen LogP contribution in [0.25, 0.3) is 5.69 Å². The van der Waals surface area contributed by atoms with Crippen molar-refractivity contribution >= 4 is 29.0 Å². The van der Waals surface area contributed by atoms with E-state index in [2.05, 4.69) is 21.2 Å². The Labute approximate surface area is 317 Å². The molecule has 286 valence electrons. The average Bonchev–Trinajstić information content (AvgIpc) is 3.83. The van der Waals surface area contributed by atoms with E-state index < -0.39 is 56.9 Å². The van der Waals surface area contributed by atoms with E-state index in [1.807, 2.05) is 0 Å². The van der Waals surface area contributed by atoms with Crippen molar-refractivity contribution < 1.29 is 32.0 Å². The molecule has 0 radical (unpaired) electrons. The summed E-state index contributed by atoms with van der Waals surface area (Å²) in [5.41, 5.74) is -2.17. The van der Waals surface area contributed by atoms with Crippen LogP contribution >= 0.6 is 0 Å². The van der Waals surface area contributed by atoms with Gasteiger partial charge in [-0.1, -0.05) is 55.3 Å². The zero-order chi connectivity index (χ0) is 39.5. The van der Waals surface area contributed by atoms with Gasteiger partial charge in [-0.3, -0.25) is 9.69 Å². The smallest absolute Gasteiger partial charge is 0.435 e. The molecule has 2 N–H and O–H groups in total. The highest BCUT2D eigenvalue weighted by molar-refractivity contribution is 7.90. The lowest BCUT2D eigenvalue weighted by Crippen LogP contribution is -2.63. The van der Waals surface area contributed by atoms with Crippen LogP contribution in [0.5, 0.6) is 0 Å². The van der Waals surface area contributed by atoms with E-state index in [9.17, 15) is 27.8 Å². The first-order chi connectivity index (χ1) is 25.3. The molecular formula is C40H45F3N6O4S. The summed E-state index contributed by atoms with van der Waals surface area (Å²) < 4.78 is 66.3. The van der Waals surface area contributed by atoms with E-state index in [0.717, 1.165) is 23.6 Å². The van der Waals surface area contributed by atoms with Gasteiger partial charge in [-0.2, -0.15) is 23.5 Å². The number of amides is 2. The maximum Gasteiger partial charge on any atom is 0.435 e. The zero-order valence-electron chi connectivity index (χ0n) is 31.2. The number of nitrogens with zero attached hydrogens (tertiary/aromatic N) is 4. The number of carbonyl (C=O) groups excluding carboxylic acids is 2. The van der Waals surface area contributed by atoms with Crippen LogP contribution in [0.15, 0.2) is 84.9 Å². The Kier molecular flexibility index (Phi) is 11.9. The summed E-state index contributed by atoms with van der Waals surface area (Å²) in [6, 6.07) is 24.2. The molecule has 1 aliphatic carbocycles. The highest BCUT2D eigenvalue weighted by atomic mass is 32.2.